The molecule has 0 atom stereocenters. The lowest BCUT2D eigenvalue weighted by Crippen LogP contribution is -2.51. The Balaban J connectivity index is 1.45. The number of anilines is 1. The van der Waals surface area contributed by atoms with Gasteiger partial charge in [0, 0.05) is 39.0 Å². The molecule has 2 heterocycles. The monoisotopic (exact) mass is 408 g/mol. The van der Waals surface area contributed by atoms with Crippen LogP contribution in [-0.4, -0.2) is 71.4 Å². The summed E-state index contributed by atoms with van der Waals surface area (Å²) in [7, 11) is 0. The maximum atomic E-state index is 12.3. The Labute approximate surface area is 167 Å². The quantitative estimate of drug-likeness (QED) is 0.756. The highest BCUT2D eigenvalue weighted by molar-refractivity contribution is 6.33. The number of carbonyl (C=O) groups is 4. The lowest BCUT2D eigenvalue weighted by Gasteiger charge is -2.33. The van der Waals surface area contributed by atoms with E-state index in [-0.39, 0.29) is 25.3 Å². The summed E-state index contributed by atoms with van der Waals surface area (Å²) in [6.07, 6.45) is -0.626. The fraction of sp³-hybridized carbons (Fsp3) is 0.444. The minimum absolute atomic E-state index is 0.0555. The molecule has 3 rings (SSSR count). The van der Waals surface area contributed by atoms with Crippen molar-refractivity contribution in [3.63, 3.8) is 0 Å². The Hall–Kier alpha value is -2.65. The van der Waals surface area contributed by atoms with E-state index in [0.717, 1.165) is 5.56 Å². The molecule has 2 fully saturated rings. The highest BCUT2D eigenvalue weighted by atomic mass is 35.5. The fourth-order valence-corrected chi connectivity index (χ4v) is 3.17. The zero-order valence-electron chi connectivity index (χ0n) is 15.4. The number of nitrogens with one attached hydrogen (secondary N) is 1. The third kappa shape index (κ3) is 4.79. The number of carbonyl (C=O) groups excluding carboxylic acids is 4. The summed E-state index contributed by atoms with van der Waals surface area (Å²) in [5, 5.41) is 3.80. The minimum atomic E-state index is -0.737. The molecule has 0 saturated carbocycles. The third-order valence-electron chi connectivity index (χ3n) is 4.57. The van der Waals surface area contributed by atoms with Gasteiger partial charge in [0.1, 0.15) is 0 Å². The van der Waals surface area contributed by atoms with Gasteiger partial charge in [0.25, 0.3) is 11.8 Å². The van der Waals surface area contributed by atoms with Crippen LogP contribution in [0.1, 0.15) is 18.4 Å². The van der Waals surface area contributed by atoms with E-state index >= 15 is 0 Å². The van der Waals surface area contributed by atoms with Gasteiger partial charge in [-0.1, -0.05) is 17.7 Å². The largest absolute Gasteiger partial charge is 0.434 e. The number of aryl methyl sites for hydroxylation is 1. The van der Waals surface area contributed by atoms with Gasteiger partial charge in [-0.25, -0.2) is 4.79 Å². The van der Waals surface area contributed by atoms with E-state index in [9.17, 15) is 19.2 Å². The van der Waals surface area contributed by atoms with E-state index in [0.29, 0.717) is 42.0 Å². The molecule has 2 saturated heterocycles. The molecule has 10 heteroatoms. The van der Waals surface area contributed by atoms with E-state index in [4.69, 9.17) is 16.4 Å². The van der Waals surface area contributed by atoms with Gasteiger partial charge < -0.3 is 15.1 Å². The second-order valence-corrected chi connectivity index (χ2v) is 7.14. The second kappa shape index (κ2) is 8.57. The summed E-state index contributed by atoms with van der Waals surface area (Å²) >= 11 is 6.09. The number of hydrogen-bond donors (Lipinski definition) is 1. The van der Waals surface area contributed by atoms with Crippen LogP contribution in [0.3, 0.4) is 0 Å². The van der Waals surface area contributed by atoms with Crippen LogP contribution in [0.5, 0.6) is 0 Å². The number of piperazine rings is 1. The van der Waals surface area contributed by atoms with Crippen LogP contribution >= 0.6 is 11.6 Å². The van der Waals surface area contributed by atoms with Crippen molar-refractivity contribution in [2.75, 3.05) is 38.0 Å². The SMILES string of the molecule is Cc1ccc(Cl)c(NC(=O)CN2CCN(C(=O)ON3C(=O)CCC3=O)CC2)c1. The molecule has 1 aromatic carbocycles. The van der Waals surface area contributed by atoms with Crippen LogP contribution in [0.15, 0.2) is 18.2 Å². The summed E-state index contributed by atoms with van der Waals surface area (Å²) in [5.74, 6) is -1.22. The highest BCUT2D eigenvalue weighted by Crippen LogP contribution is 2.22. The maximum absolute atomic E-state index is 12.3. The molecular formula is C18H21ClN4O5. The lowest BCUT2D eigenvalue weighted by molar-refractivity contribution is -0.174. The van der Waals surface area contributed by atoms with Gasteiger partial charge in [-0.15, -0.1) is 5.06 Å². The van der Waals surface area contributed by atoms with Gasteiger partial charge in [-0.05, 0) is 24.6 Å². The molecular weight excluding hydrogens is 388 g/mol. The van der Waals surface area contributed by atoms with Crippen molar-refractivity contribution in [1.29, 1.82) is 0 Å². The molecule has 9 nitrogen and oxygen atoms in total. The summed E-state index contributed by atoms with van der Waals surface area (Å²) in [6.45, 7) is 3.66. The van der Waals surface area contributed by atoms with Crippen LogP contribution in [0.2, 0.25) is 5.02 Å². The first-order valence-electron chi connectivity index (χ1n) is 8.94. The van der Waals surface area contributed by atoms with Crippen LogP contribution in [-0.2, 0) is 19.2 Å². The summed E-state index contributed by atoms with van der Waals surface area (Å²) in [6, 6.07) is 5.39. The first kappa shape index (κ1) is 20.1. The molecule has 0 aromatic heterocycles. The van der Waals surface area contributed by atoms with Crippen molar-refractivity contribution in [3.05, 3.63) is 28.8 Å². The zero-order chi connectivity index (χ0) is 20.3. The highest BCUT2D eigenvalue weighted by Gasteiger charge is 2.35. The average molecular weight is 409 g/mol. The number of benzene rings is 1. The van der Waals surface area contributed by atoms with E-state index in [1.54, 1.807) is 12.1 Å². The summed E-state index contributed by atoms with van der Waals surface area (Å²) in [4.78, 5) is 55.6. The normalized spacial score (nSPS) is 17.8. The van der Waals surface area contributed by atoms with E-state index in [1.165, 1.54) is 4.90 Å². The number of nitrogens with zero attached hydrogens (tertiary/aromatic N) is 3. The molecule has 150 valence electrons. The van der Waals surface area contributed by atoms with E-state index in [2.05, 4.69) is 5.32 Å². The van der Waals surface area contributed by atoms with Crippen molar-refractivity contribution in [2.24, 2.45) is 0 Å². The maximum Gasteiger partial charge on any atom is 0.434 e. The third-order valence-corrected chi connectivity index (χ3v) is 4.90. The fourth-order valence-electron chi connectivity index (χ4n) is 3.01. The van der Waals surface area contributed by atoms with Gasteiger partial charge in [0.05, 0.1) is 17.3 Å². The van der Waals surface area contributed by atoms with Gasteiger partial charge in [0.15, 0.2) is 0 Å². The first-order chi connectivity index (χ1) is 13.3. The zero-order valence-corrected chi connectivity index (χ0v) is 16.2. The van der Waals surface area contributed by atoms with Gasteiger partial charge >= 0.3 is 6.09 Å². The average Bonchev–Trinajstić information content (AvgIpc) is 2.97. The molecule has 2 aliphatic heterocycles. The van der Waals surface area contributed by atoms with Crippen molar-refractivity contribution < 1.29 is 24.0 Å². The van der Waals surface area contributed by atoms with Crippen molar-refractivity contribution >= 4 is 41.1 Å². The molecule has 4 amide bonds. The first-order valence-corrected chi connectivity index (χ1v) is 9.32. The topological polar surface area (TPSA) is 99.3 Å². The molecule has 1 N–H and O–H groups in total. The Morgan fingerprint density at radius 1 is 1.11 bits per heavy atom. The van der Waals surface area contributed by atoms with Crippen molar-refractivity contribution in [1.82, 2.24) is 14.9 Å². The standard InChI is InChI=1S/C18H21ClN4O5/c1-12-2-3-13(19)14(10-12)20-15(24)11-21-6-8-22(9-7-21)18(27)28-23-16(25)4-5-17(23)26/h2-3,10H,4-9,11H2,1H3,(H,20,24). The predicted molar refractivity (Wildman–Crippen MR) is 100 cm³/mol. The summed E-state index contributed by atoms with van der Waals surface area (Å²) < 4.78 is 0. The molecule has 1 aromatic rings. The minimum Gasteiger partial charge on any atom is -0.324 e. The van der Waals surface area contributed by atoms with Crippen LogP contribution in [0.25, 0.3) is 0 Å². The van der Waals surface area contributed by atoms with Gasteiger partial charge in [-0.3, -0.25) is 19.3 Å². The smallest absolute Gasteiger partial charge is 0.324 e. The van der Waals surface area contributed by atoms with Crippen LogP contribution < -0.4 is 5.32 Å². The number of imide groups is 1. The van der Waals surface area contributed by atoms with Gasteiger partial charge in [-0.2, -0.15) is 0 Å². The van der Waals surface area contributed by atoms with Gasteiger partial charge in [0.2, 0.25) is 5.91 Å². The number of amides is 4. The Morgan fingerprint density at radius 2 is 1.75 bits per heavy atom. The van der Waals surface area contributed by atoms with Crippen LogP contribution in [0.4, 0.5) is 10.5 Å². The molecule has 0 unspecified atom stereocenters. The molecule has 0 bridgehead atoms. The molecule has 0 aliphatic carbocycles. The number of rotatable bonds is 4. The Kier molecular flexibility index (Phi) is 6.15. The summed E-state index contributed by atoms with van der Waals surface area (Å²) in [5.41, 5.74) is 1.55. The van der Waals surface area contributed by atoms with E-state index in [1.807, 2.05) is 17.9 Å². The van der Waals surface area contributed by atoms with Crippen molar-refractivity contribution in [3.8, 4) is 0 Å². The number of hydrogen-bond acceptors (Lipinski definition) is 6. The number of hydroxylamine groups is 2. The molecule has 0 spiro atoms. The molecule has 0 radical (unpaired) electrons. The molecule has 2 aliphatic rings. The second-order valence-electron chi connectivity index (χ2n) is 6.73. The van der Waals surface area contributed by atoms with E-state index < -0.39 is 17.9 Å². The van der Waals surface area contributed by atoms with Crippen molar-refractivity contribution in [2.45, 2.75) is 19.8 Å². The lowest BCUT2D eigenvalue weighted by atomic mass is 10.2. The predicted octanol–water partition coefficient (Wildman–Crippen LogP) is 1.41. The Morgan fingerprint density at radius 3 is 2.39 bits per heavy atom. The molecule has 28 heavy (non-hydrogen) atoms. The van der Waals surface area contributed by atoms with Crippen LogP contribution in [0, 0.1) is 6.92 Å². The Bertz CT molecular complexity index is 791. The number of halogens is 1.